The highest BCUT2D eigenvalue weighted by atomic mass is 15.1. The summed E-state index contributed by atoms with van der Waals surface area (Å²) in [5, 5.41) is 8.54. The molecular weight excluding hydrogens is 160 g/mol. The van der Waals surface area contributed by atoms with E-state index in [0.29, 0.717) is 6.54 Å². The monoisotopic (exact) mass is 174 g/mol. The Hall–Kier alpha value is -1.49. The third-order valence-electron chi connectivity index (χ3n) is 1.96. The largest absolute Gasteiger partial charge is 0.361 e. The van der Waals surface area contributed by atoms with Crippen molar-refractivity contribution in [3.8, 4) is 6.07 Å². The lowest BCUT2D eigenvalue weighted by Crippen LogP contribution is -2.17. The summed E-state index contributed by atoms with van der Waals surface area (Å²) in [4.78, 5) is 1.94. The van der Waals surface area contributed by atoms with Crippen LogP contribution >= 0.6 is 0 Å². The Bertz CT molecular complexity index is 316. The van der Waals surface area contributed by atoms with Gasteiger partial charge in [0.15, 0.2) is 0 Å². The molecule has 0 saturated heterocycles. The van der Waals surface area contributed by atoms with Crippen molar-refractivity contribution >= 4 is 5.69 Å². The SMILES string of the molecule is Cc1cc(C)cc(N(C)CC#N)c1. The average Bonchev–Trinajstić information content (AvgIpc) is 2.03. The van der Waals surface area contributed by atoms with Crippen molar-refractivity contribution in [3.63, 3.8) is 0 Å². The van der Waals surface area contributed by atoms with Crippen molar-refractivity contribution in [2.24, 2.45) is 0 Å². The van der Waals surface area contributed by atoms with Crippen LogP contribution in [0.3, 0.4) is 0 Å². The summed E-state index contributed by atoms with van der Waals surface area (Å²) in [6.07, 6.45) is 0. The molecule has 0 heterocycles. The third kappa shape index (κ3) is 2.48. The molecule has 0 N–H and O–H groups in total. The summed E-state index contributed by atoms with van der Waals surface area (Å²) >= 11 is 0. The first-order valence-electron chi connectivity index (χ1n) is 4.30. The van der Waals surface area contributed by atoms with Crippen LogP contribution in [0.15, 0.2) is 18.2 Å². The van der Waals surface area contributed by atoms with Crippen LogP contribution in [0, 0.1) is 25.2 Å². The zero-order valence-electron chi connectivity index (χ0n) is 8.33. The van der Waals surface area contributed by atoms with Gasteiger partial charge in [-0.05, 0) is 37.1 Å². The molecule has 0 atom stereocenters. The molecule has 0 radical (unpaired) electrons. The van der Waals surface area contributed by atoms with E-state index >= 15 is 0 Å². The second kappa shape index (κ2) is 3.95. The maximum Gasteiger partial charge on any atom is 0.105 e. The Morgan fingerprint density at radius 1 is 1.23 bits per heavy atom. The normalized spacial score (nSPS) is 9.38. The van der Waals surface area contributed by atoms with E-state index < -0.39 is 0 Å². The van der Waals surface area contributed by atoms with E-state index in [1.54, 1.807) is 0 Å². The number of hydrogen-bond acceptors (Lipinski definition) is 2. The van der Waals surface area contributed by atoms with E-state index in [0.717, 1.165) is 5.69 Å². The second-order valence-corrected chi connectivity index (χ2v) is 3.36. The summed E-state index contributed by atoms with van der Waals surface area (Å²) in [5.74, 6) is 0. The summed E-state index contributed by atoms with van der Waals surface area (Å²) in [6.45, 7) is 4.57. The highest BCUT2D eigenvalue weighted by Crippen LogP contribution is 2.16. The number of anilines is 1. The molecule has 2 nitrogen and oxygen atoms in total. The molecule has 0 fully saturated rings. The zero-order chi connectivity index (χ0) is 9.84. The molecule has 1 rings (SSSR count). The number of nitrogens with zero attached hydrogens (tertiary/aromatic N) is 2. The van der Waals surface area contributed by atoms with Crippen LogP contribution in [0.1, 0.15) is 11.1 Å². The Kier molecular flexibility index (Phi) is 2.92. The second-order valence-electron chi connectivity index (χ2n) is 3.36. The first-order valence-corrected chi connectivity index (χ1v) is 4.30. The van der Waals surface area contributed by atoms with Crippen LogP contribution in [0.4, 0.5) is 5.69 Å². The predicted molar refractivity (Wildman–Crippen MR) is 54.8 cm³/mol. The zero-order valence-corrected chi connectivity index (χ0v) is 8.33. The fourth-order valence-corrected chi connectivity index (χ4v) is 1.37. The first-order chi connectivity index (χ1) is 6.13. The lowest BCUT2D eigenvalue weighted by atomic mass is 10.1. The molecule has 1 aromatic rings. The molecule has 0 amide bonds. The lowest BCUT2D eigenvalue weighted by Gasteiger charge is -2.16. The molecule has 13 heavy (non-hydrogen) atoms. The smallest absolute Gasteiger partial charge is 0.105 e. The number of nitriles is 1. The van der Waals surface area contributed by atoms with Gasteiger partial charge in [0.1, 0.15) is 6.54 Å². The van der Waals surface area contributed by atoms with Crippen molar-refractivity contribution in [3.05, 3.63) is 29.3 Å². The van der Waals surface area contributed by atoms with Crippen LogP contribution < -0.4 is 4.90 Å². The lowest BCUT2D eigenvalue weighted by molar-refractivity contribution is 1.03. The highest BCUT2D eigenvalue weighted by molar-refractivity contribution is 5.50. The van der Waals surface area contributed by atoms with Crippen LogP contribution in [-0.2, 0) is 0 Å². The fourth-order valence-electron chi connectivity index (χ4n) is 1.37. The van der Waals surface area contributed by atoms with Gasteiger partial charge in [-0.15, -0.1) is 0 Å². The molecule has 0 unspecified atom stereocenters. The molecule has 1 aromatic carbocycles. The van der Waals surface area contributed by atoms with Crippen molar-refractivity contribution < 1.29 is 0 Å². The number of aryl methyl sites for hydroxylation is 2. The molecule has 0 aromatic heterocycles. The Morgan fingerprint density at radius 2 is 1.77 bits per heavy atom. The van der Waals surface area contributed by atoms with Gasteiger partial charge in [0.25, 0.3) is 0 Å². The summed E-state index contributed by atoms with van der Waals surface area (Å²) in [7, 11) is 1.93. The van der Waals surface area contributed by atoms with Gasteiger partial charge in [0, 0.05) is 12.7 Å². The van der Waals surface area contributed by atoms with Crippen molar-refractivity contribution in [2.75, 3.05) is 18.5 Å². The topological polar surface area (TPSA) is 27.0 Å². The van der Waals surface area contributed by atoms with Gasteiger partial charge in [-0.2, -0.15) is 5.26 Å². The van der Waals surface area contributed by atoms with Gasteiger partial charge in [-0.25, -0.2) is 0 Å². The summed E-state index contributed by atoms with van der Waals surface area (Å²) in [6, 6.07) is 8.43. The molecule has 68 valence electrons. The van der Waals surface area contributed by atoms with Crippen LogP contribution in [0.5, 0.6) is 0 Å². The maximum absolute atomic E-state index is 8.54. The van der Waals surface area contributed by atoms with Crippen LogP contribution in [0.25, 0.3) is 0 Å². The minimum Gasteiger partial charge on any atom is -0.361 e. The molecule has 0 aliphatic heterocycles. The Balaban J connectivity index is 2.95. The van der Waals surface area contributed by atoms with Crippen LogP contribution in [0.2, 0.25) is 0 Å². The van der Waals surface area contributed by atoms with Gasteiger partial charge < -0.3 is 4.90 Å². The number of rotatable bonds is 2. The highest BCUT2D eigenvalue weighted by Gasteiger charge is 2.00. The van der Waals surface area contributed by atoms with Crippen molar-refractivity contribution in [1.29, 1.82) is 5.26 Å². The summed E-state index contributed by atoms with van der Waals surface area (Å²) < 4.78 is 0. The maximum atomic E-state index is 8.54. The number of benzene rings is 1. The third-order valence-corrected chi connectivity index (χ3v) is 1.96. The molecule has 0 aliphatic carbocycles. The van der Waals surface area contributed by atoms with Gasteiger partial charge in [0.2, 0.25) is 0 Å². The van der Waals surface area contributed by atoms with Gasteiger partial charge in [0.05, 0.1) is 6.07 Å². The van der Waals surface area contributed by atoms with E-state index in [9.17, 15) is 0 Å². The summed E-state index contributed by atoms with van der Waals surface area (Å²) in [5.41, 5.74) is 3.58. The number of hydrogen-bond donors (Lipinski definition) is 0. The van der Waals surface area contributed by atoms with E-state index in [1.807, 2.05) is 11.9 Å². The fraction of sp³-hybridized carbons (Fsp3) is 0.364. The molecule has 0 saturated carbocycles. The van der Waals surface area contributed by atoms with E-state index in [1.165, 1.54) is 11.1 Å². The molecule has 0 bridgehead atoms. The molecule has 0 spiro atoms. The molecular formula is C11H14N2. The average molecular weight is 174 g/mol. The Labute approximate surface area is 79.4 Å². The first kappa shape index (κ1) is 9.60. The Morgan fingerprint density at radius 3 is 2.23 bits per heavy atom. The molecule has 2 heteroatoms. The van der Waals surface area contributed by atoms with E-state index in [-0.39, 0.29) is 0 Å². The van der Waals surface area contributed by atoms with E-state index in [4.69, 9.17) is 5.26 Å². The van der Waals surface area contributed by atoms with Crippen LogP contribution in [-0.4, -0.2) is 13.6 Å². The standard InChI is InChI=1S/C11H14N2/c1-9-6-10(2)8-11(7-9)13(3)5-4-12/h6-8H,5H2,1-3H3. The van der Waals surface area contributed by atoms with Crippen molar-refractivity contribution in [1.82, 2.24) is 0 Å². The molecule has 0 aliphatic rings. The van der Waals surface area contributed by atoms with Gasteiger partial charge >= 0.3 is 0 Å². The van der Waals surface area contributed by atoms with Crippen molar-refractivity contribution in [2.45, 2.75) is 13.8 Å². The quantitative estimate of drug-likeness (QED) is 0.643. The van der Waals surface area contributed by atoms with Gasteiger partial charge in [-0.1, -0.05) is 6.07 Å². The minimum atomic E-state index is 0.433. The van der Waals surface area contributed by atoms with Gasteiger partial charge in [-0.3, -0.25) is 0 Å². The predicted octanol–water partition coefficient (Wildman–Crippen LogP) is 2.26. The van der Waals surface area contributed by atoms with E-state index in [2.05, 4.69) is 38.1 Å². The minimum absolute atomic E-state index is 0.433.